The summed E-state index contributed by atoms with van der Waals surface area (Å²) >= 11 is 0. The summed E-state index contributed by atoms with van der Waals surface area (Å²) in [5.74, 6) is -9.78. The van der Waals surface area contributed by atoms with Crippen molar-refractivity contribution >= 4 is 5.97 Å². The van der Waals surface area contributed by atoms with E-state index in [4.69, 9.17) is 95.7 Å². The molecule has 0 aliphatic carbocycles. The van der Waals surface area contributed by atoms with Crippen LogP contribution in [0.25, 0.3) is 0 Å². The van der Waals surface area contributed by atoms with Crippen LogP contribution in [0.4, 0.5) is 0 Å². The lowest BCUT2D eigenvalue weighted by Gasteiger charge is -2.51. The summed E-state index contributed by atoms with van der Waals surface area (Å²) < 4.78 is 114. The lowest BCUT2D eigenvalue weighted by atomic mass is 9.88. The Morgan fingerprint density at radius 2 is 0.675 bits per heavy atom. The van der Waals surface area contributed by atoms with Crippen LogP contribution in [0.3, 0.4) is 0 Å². The number of aliphatic hydroxyl groups is 27. The van der Waals surface area contributed by atoms with Crippen molar-refractivity contribution in [3.63, 3.8) is 0 Å². The molecule has 22 unspecified atom stereocenters. The van der Waals surface area contributed by atoms with E-state index in [0.29, 0.717) is 0 Å². The van der Waals surface area contributed by atoms with E-state index in [9.17, 15) is 148 Å². The number of carboxylic acid groups (broad SMARTS) is 1. The summed E-state index contributed by atoms with van der Waals surface area (Å²) in [6.07, 6.45) is -86.6. The highest BCUT2D eigenvalue weighted by Gasteiger charge is 2.63. The monoisotopic (exact) mass is 1720 g/mol. The van der Waals surface area contributed by atoms with E-state index in [1.165, 1.54) is 20.8 Å². The quantitative estimate of drug-likeness (QED) is 0.0306. The molecule has 10 aliphatic rings. The second-order valence-electron chi connectivity index (χ2n) is 31.3. The van der Waals surface area contributed by atoms with Crippen LogP contribution in [-0.4, -0.2) is 503 Å². The van der Waals surface area contributed by atoms with Gasteiger partial charge in [-0.15, -0.1) is 0 Å². The van der Waals surface area contributed by atoms with Crippen LogP contribution in [0, 0.1) is 23.7 Å². The fourth-order valence-corrected chi connectivity index (χ4v) is 16.0. The minimum Gasteiger partial charge on any atom is -0.477 e. The van der Waals surface area contributed by atoms with Crippen molar-refractivity contribution in [3.8, 4) is 0 Å². The normalized spacial score (nSPS) is 52.1. The maximum atomic E-state index is 13.0. The zero-order valence-electron chi connectivity index (χ0n) is 63.9. The number of ether oxygens (including phenoxy) is 19. The Morgan fingerprint density at radius 1 is 0.350 bits per heavy atom. The van der Waals surface area contributed by atoms with Gasteiger partial charge in [0.15, 0.2) is 50.3 Å². The second kappa shape index (κ2) is 41.4. The summed E-state index contributed by atoms with van der Waals surface area (Å²) in [5.41, 5.74) is 6.00. The van der Waals surface area contributed by atoms with Gasteiger partial charge in [-0.1, -0.05) is 27.7 Å². The minimum atomic E-state index is -3.15. The molecule has 30 N–H and O–H groups in total. The Labute approximate surface area is 666 Å². The molecule has 0 radical (unpaired) electrons. The molecule has 117 heavy (non-hydrogen) atoms. The zero-order chi connectivity index (χ0) is 86.2. The van der Waals surface area contributed by atoms with E-state index in [-0.39, 0.29) is 0 Å². The average molecular weight is 1720 g/mol. The standard InChI is InChI=1S/C68H117NO48/c1-17-21(5)100-28(12-75)50(34(17)81)109-59-18(2)35(82)52(30(14-77)105-59)111-63-48(95)55(113-66-58(46(93)41(88)26(10-73)104-66)115-61-20(4)36(83)51(29(13-76)107-61)110-62-47(94)44(91)39(86)24(8-71)101-62)43(90)32(108-63)16-99-65-57(45(92)40(87)25(9-72)103-65)114-60-19(3)37(84)53(31(15-78)106-60)112-64-49(96)56(42(89)27(11-74)102-64)117-68(67(97)98)6-22(79)33(69)54(116-68)38(85)23(80)7-70/h17-66,70-96H,6-16,69H2,1-5H3,(H,97,98)/t17-,18+,19?,20+,21+,22-,23?,24?,25?,26-,27?,28?,29?,30?,31+,32?,33-,34?,35?,36?,37?,38?,39+,40-,41-,42+,43-,44?,45?,46?,47+,48-,49?,50-,51-,52-,53-,54?,55?,56+,57-,58?,59+,60+,61+,62+,63+,64?,65+,66-,68+/m1/s1. The van der Waals surface area contributed by atoms with E-state index in [2.05, 4.69) is 0 Å². The van der Waals surface area contributed by atoms with Crippen LogP contribution >= 0.6 is 0 Å². The highest BCUT2D eigenvalue weighted by molar-refractivity contribution is 5.76. The number of carbonyl (C=O) groups is 1. The third-order valence-corrected chi connectivity index (χ3v) is 23.7. The molecular formula is C68H117NO48. The van der Waals surface area contributed by atoms with Crippen molar-refractivity contribution in [2.24, 2.45) is 29.4 Å². The van der Waals surface area contributed by atoms with Gasteiger partial charge < -0.3 is 239 Å². The van der Waals surface area contributed by atoms with Gasteiger partial charge in [-0.3, -0.25) is 0 Å². The largest absolute Gasteiger partial charge is 0.477 e. The van der Waals surface area contributed by atoms with Crippen molar-refractivity contribution in [1.29, 1.82) is 0 Å². The lowest BCUT2D eigenvalue weighted by molar-refractivity contribution is -0.402. The predicted molar refractivity (Wildman–Crippen MR) is 365 cm³/mol. The lowest BCUT2D eigenvalue weighted by Crippen LogP contribution is -2.70. The number of rotatable bonds is 31. The maximum absolute atomic E-state index is 13.0. The number of aliphatic carboxylic acids is 1. The van der Waals surface area contributed by atoms with Crippen LogP contribution in [0.2, 0.25) is 0 Å². The summed E-state index contributed by atoms with van der Waals surface area (Å²) in [6, 6.07) is -1.64. The highest BCUT2D eigenvalue weighted by atomic mass is 16.8. The van der Waals surface area contributed by atoms with Gasteiger partial charge in [0.1, 0.15) is 189 Å². The first-order chi connectivity index (χ1) is 55.3. The molecule has 682 valence electrons. The minimum absolute atomic E-state index is 0.554. The van der Waals surface area contributed by atoms with Crippen LogP contribution in [0.5, 0.6) is 0 Å². The second-order valence-corrected chi connectivity index (χ2v) is 31.3. The Balaban J connectivity index is 0.906. The van der Waals surface area contributed by atoms with Crippen LogP contribution in [0.1, 0.15) is 41.0 Å². The van der Waals surface area contributed by atoms with E-state index >= 15 is 0 Å². The third kappa shape index (κ3) is 20.1. The fourth-order valence-electron chi connectivity index (χ4n) is 16.0. The van der Waals surface area contributed by atoms with Crippen molar-refractivity contribution in [2.75, 3.05) is 66.1 Å². The molecular weight excluding hydrogens is 1600 g/mol. The molecule has 0 bridgehead atoms. The van der Waals surface area contributed by atoms with E-state index < -0.39 is 390 Å². The van der Waals surface area contributed by atoms with Crippen molar-refractivity contribution in [1.82, 2.24) is 0 Å². The van der Waals surface area contributed by atoms with Gasteiger partial charge in [0.2, 0.25) is 0 Å². The molecule has 10 fully saturated rings. The molecule has 10 saturated heterocycles. The van der Waals surface area contributed by atoms with Crippen molar-refractivity contribution in [3.05, 3.63) is 0 Å². The number of nitrogens with two attached hydrogens (primary N) is 1. The van der Waals surface area contributed by atoms with E-state index in [0.717, 1.165) is 0 Å². The Hall–Kier alpha value is -2.41. The molecule has 10 aliphatic heterocycles. The predicted octanol–water partition coefficient (Wildman–Crippen LogP) is -17.5. The van der Waals surface area contributed by atoms with Crippen LogP contribution in [-0.2, 0) is 94.8 Å². The molecule has 10 rings (SSSR count). The van der Waals surface area contributed by atoms with Gasteiger partial charge in [0.05, 0.1) is 109 Å². The number of carboxylic acids is 1. The topological polar surface area (TPSA) is 785 Å². The fraction of sp³-hybridized carbons (Fsp3) is 0.985. The summed E-state index contributed by atoms with van der Waals surface area (Å²) in [7, 11) is 0. The number of hydrogen-bond acceptors (Lipinski definition) is 48. The third-order valence-electron chi connectivity index (χ3n) is 23.7. The first kappa shape index (κ1) is 96.8. The molecule has 0 amide bonds. The first-order valence-electron chi connectivity index (χ1n) is 38.5. The van der Waals surface area contributed by atoms with Gasteiger partial charge in [-0.25, -0.2) is 4.79 Å². The SMILES string of the molecule is CC1C(O)[C@H](OC2OC(CO)[C@H](O)[C@H](O[C@]3(C(=O)O)C[C@@H](O)[C@@H](N)C(C(O)C(O)CO)O3)C2O)[C@H](CO)O[C@H]1O[C@@H]1C(O)[C@H](O)C(CO)O[C@@H]1OCC1O[C@@H](O[C@@H]2C(CO)O[C@@H](O[C@@H]3C(CO)O[C@@H](C)[C@@H](C)C3O)[C@@H](C)C2O)[C@H](O)C(O[C@H]2O[C@H](CO)[C@@H](O)C(O)C2O[C@@H]2OC(CO)[C@@H](O[C@@H]3OC(CO)[C@H](O)C(O)[C@@H]3O)C(O)[C@@H]2C)[C@@H]1O. The Bertz CT molecular complexity index is 3020. The van der Waals surface area contributed by atoms with Gasteiger partial charge in [-0.2, -0.15) is 0 Å². The smallest absolute Gasteiger partial charge is 0.364 e. The Morgan fingerprint density at radius 3 is 1.10 bits per heavy atom. The van der Waals surface area contributed by atoms with E-state index in [1.807, 2.05) is 0 Å². The van der Waals surface area contributed by atoms with Gasteiger partial charge >= 0.3 is 5.97 Å². The van der Waals surface area contributed by atoms with Gasteiger partial charge in [0.25, 0.3) is 5.79 Å². The van der Waals surface area contributed by atoms with Crippen molar-refractivity contribution in [2.45, 2.75) is 329 Å². The molecule has 49 heteroatoms. The molecule has 0 spiro atoms. The molecule has 0 saturated carbocycles. The molecule has 10 heterocycles. The summed E-state index contributed by atoms with van der Waals surface area (Å²) in [5, 5.41) is 310. The van der Waals surface area contributed by atoms with E-state index in [1.54, 1.807) is 13.8 Å². The highest BCUT2D eigenvalue weighted by Crippen LogP contribution is 2.44. The maximum Gasteiger partial charge on any atom is 0.364 e. The molecule has 0 aromatic rings. The zero-order valence-corrected chi connectivity index (χ0v) is 63.9. The number of aliphatic hydroxyl groups excluding tert-OH is 27. The summed E-state index contributed by atoms with van der Waals surface area (Å²) in [6.45, 7) is -2.83. The van der Waals surface area contributed by atoms with Gasteiger partial charge in [-0.05, 0) is 6.92 Å². The van der Waals surface area contributed by atoms with Crippen LogP contribution in [0.15, 0.2) is 0 Å². The van der Waals surface area contributed by atoms with Crippen molar-refractivity contribution < 1.29 is 238 Å². The molecule has 51 atom stereocenters. The molecule has 49 nitrogen and oxygen atoms in total. The van der Waals surface area contributed by atoms with Crippen LogP contribution < -0.4 is 5.73 Å². The molecule has 0 aromatic heterocycles. The van der Waals surface area contributed by atoms with Gasteiger partial charge in [0, 0.05) is 30.1 Å². The molecule has 0 aromatic carbocycles. The Kier molecular flexibility index (Phi) is 34.2. The average Bonchev–Trinajstić information content (AvgIpc) is 0.756. The number of hydrogen-bond donors (Lipinski definition) is 29. The first-order valence-corrected chi connectivity index (χ1v) is 38.5. The summed E-state index contributed by atoms with van der Waals surface area (Å²) in [4.78, 5) is 13.0.